The summed E-state index contributed by atoms with van der Waals surface area (Å²) < 4.78 is 26.8. The first-order chi connectivity index (χ1) is 14.8. The van der Waals surface area contributed by atoms with Crippen molar-refractivity contribution in [3.05, 3.63) is 30.8 Å². The molecule has 0 unspecified atom stereocenters. The van der Waals surface area contributed by atoms with Gasteiger partial charge in [-0.15, -0.1) is 0 Å². The van der Waals surface area contributed by atoms with Gasteiger partial charge in [-0.05, 0) is 37.3 Å². The van der Waals surface area contributed by atoms with Crippen LogP contribution in [-0.2, 0) is 24.4 Å². The number of primary amides is 1. The van der Waals surface area contributed by atoms with Gasteiger partial charge >= 0.3 is 0 Å². The highest BCUT2D eigenvalue weighted by atomic mass is 32.2. The molecule has 2 heterocycles. The monoisotopic (exact) mass is 449 g/mol. The summed E-state index contributed by atoms with van der Waals surface area (Å²) in [6, 6.07) is 2.30. The van der Waals surface area contributed by atoms with E-state index in [-0.39, 0.29) is 23.8 Å². The minimum absolute atomic E-state index is 0.0285. The normalized spacial score (nSPS) is 23.8. The zero-order valence-electron chi connectivity index (χ0n) is 17.4. The number of hydrogen-bond acceptors (Lipinski definition) is 6. The fourth-order valence-electron chi connectivity index (χ4n) is 4.24. The Bertz CT molecular complexity index is 900. The van der Waals surface area contributed by atoms with E-state index in [1.165, 1.54) is 37.6 Å². The largest absolute Gasteiger partial charge is 0.368 e. The summed E-state index contributed by atoms with van der Waals surface area (Å²) in [6.45, 7) is -0.555. The highest BCUT2D eigenvalue weighted by molar-refractivity contribution is 7.89. The van der Waals surface area contributed by atoms with Crippen LogP contribution in [-0.4, -0.2) is 53.9 Å². The van der Waals surface area contributed by atoms with Gasteiger partial charge in [-0.3, -0.25) is 14.4 Å². The first kappa shape index (κ1) is 23.3. The Morgan fingerprint density at radius 2 is 1.90 bits per heavy atom. The third-order valence-electron chi connectivity index (χ3n) is 5.99. The third kappa shape index (κ3) is 5.88. The van der Waals surface area contributed by atoms with Gasteiger partial charge in [0.15, 0.2) is 10.8 Å². The summed E-state index contributed by atoms with van der Waals surface area (Å²) in [5, 5.41) is 2.42. The number of rotatable bonds is 7. The van der Waals surface area contributed by atoms with Gasteiger partial charge in [0.05, 0.1) is 12.6 Å². The molecular weight excluding hydrogens is 420 g/mol. The van der Waals surface area contributed by atoms with E-state index in [4.69, 9.17) is 5.73 Å². The van der Waals surface area contributed by atoms with Crippen molar-refractivity contribution in [2.75, 3.05) is 6.54 Å². The fraction of sp³-hybridized carbons (Fsp3) is 0.571. The average Bonchev–Trinajstić information content (AvgIpc) is 2.93. The number of carbonyl (C=O) groups excluding carboxylic acids is 3. The predicted octanol–water partition coefficient (Wildman–Crippen LogP) is 0.949. The summed E-state index contributed by atoms with van der Waals surface area (Å²) in [7, 11) is -4.21. The van der Waals surface area contributed by atoms with Crippen LogP contribution in [0.3, 0.4) is 0 Å². The van der Waals surface area contributed by atoms with Crippen LogP contribution in [0.2, 0.25) is 0 Å². The summed E-state index contributed by atoms with van der Waals surface area (Å²) in [5.41, 5.74) is 5.45. The molecule has 1 saturated heterocycles. The number of pyridine rings is 1. The number of nitrogens with zero attached hydrogens (tertiary/aromatic N) is 2. The van der Waals surface area contributed by atoms with Crippen molar-refractivity contribution in [3.63, 3.8) is 0 Å². The lowest BCUT2D eigenvalue weighted by Gasteiger charge is -2.25. The lowest BCUT2D eigenvalue weighted by atomic mass is 9.86. The Labute approximate surface area is 182 Å². The Kier molecular flexibility index (Phi) is 7.77. The van der Waals surface area contributed by atoms with Crippen LogP contribution < -0.4 is 11.1 Å². The highest BCUT2D eigenvalue weighted by Crippen LogP contribution is 2.27. The molecule has 3 rings (SSSR count). The fourth-order valence-corrected chi connectivity index (χ4v) is 5.77. The molecule has 10 heteroatoms. The van der Waals surface area contributed by atoms with Gasteiger partial charge in [0.1, 0.15) is 6.04 Å². The third-order valence-corrected chi connectivity index (χ3v) is 7.76. The molecule has 2 aliphatic rings. The molecule has 0 bridgehead atoms. The Morgan fingerprint density at radius 3 is 2.55 bits per heavy atom. The zero-order chi connectivity index (χ0) is 22.4. The van der Waals surface area contributed by atoms with Crippen molar-refractivity contribution in [1.29, 1.82) is 0 Å². The number of amides is 2. The molecule has 1 aromatic rings. The predicted molar refractivity (Wildman–Crippen MR) is 113 cm³/mol. The maximum Gasteiger partial charge on any atom is 0.261 e. The molecule has 3 N–H and O–H groups in total. The topological polar surface area (TPSA) is 140 Å². The summed E-state index contributed by atoms with van der Waals surface area (Å²) in [6.07, 6.45) is 9.50. The standard InChI is InChI=1S/C21H29N4O5S/c22-21(28)17-11-10-16(24-19(27)12-9-15-6-2-1-3-7-15)18(26)14-25(17)31(29,30)20-8-4-5-13-23-20/h4-5,8,12-13,15-17H,1-3,6-7,9-11,14H2,(H2,22,28)(H,24,27)/t16-,17+/m0/s1. The van der Waals surface area contributed by atoms with Gasteiger partial charge in [0, 0.05) is 12.6 Å². The molecule has 31 heavy (non-hydrogen) atoms. The highest BCUT2D eigenvalue weighted by Gasteiger charge is 2.41. The molecular formula is C21H29N4O5S. The molecule has 1 aliphatic carbocycles. The van der Waals surface area contributed by atoms with E-state index in [0.29, 0.717) is 12.3 Å². The second-order valence-corrected chi connectivity index (χ2v) is 10.0. The molecule has 2 atom stereocenters. The van der Waals surface area contributed by atoms with Crippen LogP contribution in [0.25, 0.3) is 0 Å². The van der Waals surface area contributed by atoms with Gasteiger partial charge in [-0.1, -0.05) is 38.2 Å². The molecule has 2 fully saturated rings. The molecule has 1 aromatic heterocycles. The molecule has 1 saturated carbocycles. The van der Waals surface area contributed by atoms with E-state index in [9.17, 15) is 22.8 Å². The Morgan fingerprint density at radius 1 is 1.16 bits per heavy atom. The van der Waals surface area contributed by atoms with E-state index in [0.717, 1.165) is 17.1 Å². The average molecular weight is 450 g/mol. The molecule has 0 aromatic carbocycles. The molecule has 0 spiro atoms. The van der Waals surface area contributed by atoms with E-state index in [2.05, 4.69) is 10.3 Å². The number of hydrogen-bond donors (Lipinski definition) is 2. The van der Waals surface area contributed by atoms with Crippen LogP contribution in [0.5, 0.6) is 0 Å². The summed E-state index contributed by atoms with van der Waals surface area (Å²) >= 11 is 0. The quantitative estimate of drug-likeness (QED) is 0.635. The first-order valence-electron chi connectivity index (χ1n) is 10.7. The van der Waals surface area contributed by atoms with Crippen LogP contribution in [0, 0.1) is 12.3 Å². The number of nitrogens with one attached hydrogen (secondary N) is 1. The number of Topliss-reactive ketones (excluding diaryl/α,β-unsaturated/α-hetero) is 1. The van der Waals surface area contributed by atoms with Crippen molar-refractivity contribution in [3.8, 4) is 0 Å². The number of aromatic nitrogens is 1. The van der Waals surface area contributed by atoms with Crippen LogP contribution in [0.4, 0.5) is 0 Å². The van der Waals surface area contributed by atoms with Crippen LogP contribution in [0.1, 0.15) is 51.4 Å². The van der Waals surface area contributed by atoms with Crippen molar-refractivity contribution in [1.82, 2.24) is 14.6 Å². The Balaban J connectivity index is 1.68. The van der Waals surface area contributed by atoms with E-state index < -0.39 is 40.3 Å². The zero-order valence-corrected chi connectivity index (χ0v) is 18.2. The van der Waals surface area contributed by atoms with E-state index >= 15 is 0 Å². The van der Waals surface area contributed by atoms with Gasteiger partial charge < -0.3 is 11.1 Å². The summed E-state index contributed by atoms with van der Waals surface area (Å²) in [5.74, 6) is -1.19. The van der Waals surface area contributed by atoms with Gasteiger partial charge in [-0.25, -0.2) is 13.4 Å². The molecule has 169 valence electrons. The molecule has 1 aliphatic heterocycles. The lowest BCUT2D eigenvalue weighted by Crippen LogP contribution is -2.49. The van der Waals surface area contributed by atoms with Gasteiger partial charge in [0.25, 0.3) is 10.0 Å². The Hall–Kier alpha value is -2.33. The molecule has 1 radical (unpaired) electrons. The van der Waals surface area contributed by atoms with Crippen molar-refractivity contribution in [2.24, 2.45) is 11.7 Å². The minimum atomic E-state index is -4.21. The second-order valence-electron chi connectivity index (χ2n) is 8.19. The molecule has 2 amide bonds. The van der Waals surface area contributed by atoms with Crippen molar-refractivity contribution >= 4 is 27.6 Å². The van der Waals surface area contributed by atoms with E-state index in [1.54, 1.807) is 12.5 Å². The maximum absolute atomic E-state index is 13.0. The smallest absolute Gasteiger partial charge is 0.261 e. The summed E-state index contributed by atoms with van der Waals surface area (Å²) in [4.78, 5) is 41.0. The van der Waals surface area contributed by atoms with Crippen molar-refractivity contribution in [2.45, 2.75) is 68.5 Å². The van der Waals surface area contributed by atoms with E-state index in [1.807, 2.05) is 0 Å². The maximum atomic E-state index is 13.0. The first-order valence-corrected chi connectivity index (χ1v) is 12.1. The van der Waals surface area contributed by atoms with Crippen molar-refractivity contribution < 1.29 is 22.8 Å². The van der Waals surface area contributed by atoms with Gasteiger partial charge in [-0.2, -0.15) is 4.31 Å². The SMILES string of the molecule is NC(=O)[C@H]1CC[C@H](NC(=O)[CH]CC2CCCCC2)C(=O)CN1S(=O)(=O)c1ccccn1. The number of carbonyl (C=O) groups is 3. The number of ketones is 1. The molecule has 9 nitrogen and oxygen atoms in total. The van der Waals surface area contributed by atoms with Crippen LogP contribution >= 0.6 is 0 Å². The minimum Gasteiger partial charge on any atom is -0.368 e. The number of sulfonamides is 1. The number of nitrogens with two attached hydrogens (primary N) is 1. The van der Waals surface area contributed by atoms with Crippen LogP contribution in [0.15, 0.2) is 29.4 Å². The lowest BCUT2D eigenvalue weighted by molar-refractivity contribution is -0.126. The second kappa shape index (κ2) is 10.3. The van der Waals surface area contributed by atoms with Gasteiger partial charge in [0.2, 0.25) is 11.8 Å².